The first-order valence-electron chi connectivity index (χ1n) is 8.46. The van der Waals surface area contributed by atoms with Gasteiger partial charge in [-0.05, 0) is 57.4 Å². The van der Waals surface area contributed by atoms with Crippen LogP contribution in [-0.2, 0) is 4.79 Å². The lowest BCUT2D eigenvalue weighted by molar-refractivity contribution is -0.139. The molecule has 1 aliphatic heterocycles. The fraction of sp³-hybridized carbons (Fsp3) is 0.474. The Kier molecular flexibility index (Phi) is 6.41. The van der Waals surface area contributed by atoms with Crippen molar-refractivity contribution in [3.63, 3.8) is 0 Å². The van der Waals surface area contributed by atoms with Gasteiger partial charge in [0.1, 0.15) is 5.75 Å². The predicted octanol–water partition coefficient (Wildman–Crippen LogP) is 2.77. The van der Waals surface area contributed by atoms with Crippen LogP contribution < -0.4 is 10.1 Å². The van der Waals surface area contributed by atoms with Crippen LogP contribution in [0.25, 0.3) is 0 Å². The summed E-state index contributed by atoms with van der Waals surface area (Å²) < 4.78 is 5.59. The van der Waals surface area contributed by atoms with Gasteiger partial charge in [0.2, 0.25) is 0 Å². The van der Waals surface area contributed by atoms with Gasteiger partial charge in [0.15, 0.2) is 6.61 Å². The summed E-state index contributed by atoms with van der Waals surface area (Å²) in [5.74, 6) is 0.442. The van der Waals surface area contributed by atoms with Crippen molar-refractivity contribution >= 4 is 11.8 Å². The largest absolute Gasteiger partial charge is 0.484 e. The number of carbonyl (C=O) groups excluding carboxylic acids is 2. The van der Waals surface area contributed by atoms with Gasteiger partial charge in [0.25, 0.3) is 11.8 Å². The summed E-state index contributed by atoms with van der Waals surface area (Å²) in [6.45, 7) is 8.19. The van der Waals surface area contributed by atoms with E-state index in [1.807, 2.05) is 4.90 Å². The first kappa shape index (κ1) is 18.0. The molecule has 2 rings (SSSR count). The summed E-state index contributed by atoms with van der Waals surface area (Å²) in [5, 5.41) is 2.71. The van der Waals surface area contributed by atoms with E-state index in [0.29, 0.717) is 17.9 Å². The van der Waals surface area contributed by atoms with E-state index in [-0.39, 0.29) is 30.5 Å². The third kappa shape index (κ3) is 4.60. The number of carbonyl (C=O) groups is 2. The SMILES string of the molecule is C=CCNC(=O)c1ccc(OCC(=O)N2[C@H](C)CCC[C@@H]2C)cc1. The van der Waals surface area contributed by atoms with Crippen molar-refractivity contribution in [1.29, 1.82) is 0 Å². The molecule has 2 atom stereocenters. The van der Waals surface area contributed by atoms with Crippen LogP contribution >= 0.6 is 0 Å². The summed E-state index contributed by atoms with van der Waals surface area (Å²) in [6.07, 6.45) is 4.89. The van der Waals surface area contributed by atoms with Crippen LogP contribution in [0.3, 0.4) is 0 Å². The van der Waals surface area contributed by atoms with E-state index in [2.05, 4.69) is 25.7 Å². The predicted molar refractivity (Wildman–Crippen MR) is 94.1 cm³/mol. The molecular formula is C19H26N2O3. The van der Waals surface area contributed by atoms with Crippen molar-refractivity contribution in [2.24, 2.45) is 0 Å². The molecule has 0 aliphatic carbocycles. The number of benzene rings is 1. The van der Waals surface area contributed by atoms with Gasteiger partial charge in [-0.3, -0.25) is 9.59 Å². The number of likely N-dealkylation sites (tertiary alicyclic amines) is 1. The zero-order chi connectivity index (χ0) is 17.5. The average molecular weight is 330 g/mol. The summed E-state index contributed by atoms with van der Waals surface area (Å²) in [7, 11) is 0. The maximum absolute atomic E-state index is 12.4. The average Bonchev–Trinajstić information content (AvgIpc) is 2.58. The minimum atomic E-state index is -0.159. The van der Waals surface area contributed by atoms with E-state index in [1.165, 1.54) is 6.42 Å². The molecule has 1 aliphatic rings. The molecule has 1 N–H and O–H groups in total. The number of amides is 2. The Morgan fingerprint density at radius 2 is 1.88 bits per heavy atom. The van der Waals surface area contributed by atoms with Gasteiger partial charge in [-0.25, -0.2) is 0 Å². The molecule has 1 saturated heterocycles. The summed E-state index contributed by atoms with van der Waals surface area (Å²) in [6, 6.07) is 7.31. The fourth-order valence-electron chi connectivity index (χ4n) is 3.10. The van der Waals surface area contributed by atoms with Crippen molar-refractivity contribution in [3.05, 3.63) is 42.5 Å². The molecule has 2 amide bonds. The minimum absolute atomic E-state index is 0.0162. The Labute approximate surface area is 143 Å². The molecule has 0 spiro atoms. The van der Waals surface area contributed by atoms with E-state index in [0.717, 1.165) is 12.8 Å². The number of nitrogens with one attached hydrogen (secondary N) is 1. The van der Waals surface area contributed by atoms with Crippen molar-refractivity contribution in [2.45, 2.75) is 45.2 Å². The third-order valence-corrected chi connectivity index (χ3v) is 4.37. The van der Waals surface area contributed by atoms with Crippen molar-refractivity contribution in [1.82, 2.24) is 10.2 Å². The van der Waals surface area contributed by atoms with Gasteiger partial charge in [0.05, 0.1) is 0 Å². The summed E-state index contributed by atoms with van der Waals surface area (Å²) in [4.78, 5) is 26.1. The van der Waals surface area contributed by atoms with Gasteiger partial charge in [0, 0.05) is 24.2 Å². The molecule has 5 heteroatoms. The van der Waals surface area contributed by atoms with Gasteiger partial charge >= 0.3 is 0 Å². The topological polar surface area (TPSA) is 58.6 Å². The standard InChI is InChI=1S/C19H26N2O3/c1-4-12-20-19(23)16-8-10-17(11-9-16)24-13-18(22)21-14(2)6-5-7-15(21)3/h4,8-11,14-15H,1,5-7,12-13H2,2-3H3,(H,20,23)/t14-,15+. The second kappa shape index (κ2) is 8.52. The lowest BCUT2D eigenvalue weighted by Crippen LogP contribution is -2.49. The summed E-state index contributed by atoms with van der Waals surface area (Å²) >= 11 is 0. The van der Waals surface area contributed by atoms with Crippen molar-refractivity contribution < 1.29 is 14.3 Å². The van der Waals surface area contributed by atoms with Crippen molar-refractivity contribution in [2.75, 3.05) is 13.2 Å². The molecule has 0 unspecified atom stereocenters. The molecular weight excluding hydrogens is 304 g/mol. The number of nitrogens with zero attached hydrogens (tertiary/aromatic N) is 1. The first-order chi connectivity index (χ1) is 11.5. The highest BCUT2D eigenvalue weighted by molar-refractivity contribution is 5.94. The smallest absolute Gasteiger partial charge is 0.260 e. The summed E-state index contributed by atoms with van der Waals surface area (Å²) in [5.41, 5.74) is 0.550. The Bertz CT molecular complexity index is 573. The molecule has 24 heavy (non-hydrogen) atoms. The maximum Gasteiger partial charge on any atom is 0.260 e. The van der Waals surface area contributed by atoms with Crippen LogP contribution in [0, 0.1) is 0 Å². The molecule has 1 aromatic carbocycles. The number of ether oxygens (including phenoxy) is 1. The Hall–Kier alpha value is -2.30. The molecule has 0 saturated carbocycles. The second-order valence-electron chi connectivity index (χ2n) is 6.24. The van der Waals surface area contributed by atoms with Crippen LogP contribution in [0.15, 0.2) is 36.9 Å². The van der Waals surface area contributed by atoms with E-state index in [1.54, 1.807) is 30.3 Å². The molecule has 130 valence electrons. The number of piperidine rings is 1. The normalized spacial score (nSPS) is 20.3. The highest BCUT2D eigenvalue weighted by Crippen LogP contribution is 2.22. The Morgan fingerprint density at radius 1 is 1.25 bits per heavy atom. The lowest BCUT2D eigenvalue weighted by Gasteiger charge is -2.38. The molecule has 1 aromatic rings. The number of hydrogen-bond acceptors (Lipinski definition) is 3. The Morgan fingerprint density at radius 3 is 2.46 bits per heavy atom. The second-order valence-corrected chi connectivity index (χ2v) is 6.24. The number of hydrogen-bond donors (Lipinski definition) is 1. The first-order valence-corrected chi connectivity index (χ1v) is 8.46. The van der Waals surface area contributed by atoms with Gasteiger partial charge in [-0.15, -0.1) is 6.58 Å². The molecule has 5 nitrogen and oxygen atoms in total. The molecule has 0 radical (unpaired) electrons. The van der Waals surface area contributed by atoms with Crippen LogP contribution in [0.1, 0.15) is 43.5 Å². The van der Waals surface area contributed by atoms with E-state index in [9.17, 15) is 9.59 Å². The van der Waals surface area contributed by atoms with Gasteiger partial charge < -0.3 is 15.0 Å². The van der Waals surface area contributed by atoms with Crippen molar-refractivity contribution in [3.8, 4) is 5.75 Å². The Balaban J connectivity index is 1.88. The minimum Gasteiger partial charge on any atom is -0.484 e. The monoisotopic (exact) mass is 330 g/mol. The van der Waals surface area contributed by atoms with Crippen LogP contribution in [0.4, 0.5) is 0 Å². The van der Waals surface area contributed by atoms with Crippen LogP contribution in [0.2, 0.25) is 0 Å². The highest BCUT2D eigenvalue weighted by atomic mass is 16.5. The highest BCUT2D eigenvalue weighted by Gasteiger charge is 2.28. The lowest BCUT2D eigenvalue weighted by atomic mass is 9.97. The van der Waals surface area contributed by atoms with Gasteiger partial charge in [-0.2, -0.15) is 0 Å². The maximum atomic E-state index is 12.4. The van der Waals surface area contributed by atoms with Gasteiger partial charge in [-0.1, -0.05) is 6.08 Å². The molecule has 0 bridgehead atoms. The van der Waals surface area contributed by atoms with E-state index >= 15 is 0 Å². The zero-order valence-corrected chi connectivity index (χ0v) is 14.5. The quantitative estimate of drug-likeness (QED) is 0.816. The van der Waals surface area contributed by atoms with Crippen LogP contribution in [0.5, 0.6) is 5.75 Å². The number of rotatable bonds is 6. The van der Waals surface area contributed by atoms with E-state index < -0.39 is 0 Å². The zero-order valence-electron chi connectivity index (χ0n) is 14.5. The third-order valence-electron chi connectivity index (χ3n) is 4.37. The molecule has 0 aromatic heterocycles. The fourth-order valence-corrected chi connectivity index (χ4v) is 3.10. The molecule has 1 heterocycles. The van der Waals surface area contributed by atoms with E-state index in [4.69, 9.17) is 4.74 Å². The van der Waals surface area contributed by atoms with Crippen LogP contribution in [-0.4, -0.2) is 41.9 Å². The molecule has 1 fully saturated rings.